The number of piperidine rings is 1. The van der Waals surface area contributed by atoms with E-state index in [-0.39, 0.29) is 30.7 Å². The Morgan fingerprint density at radius 1 is 0.962 bits per heavy atom. The number of carbonyl (C=O) groups is 7. The molecule has 0 spiro atoms. The van der Waals surface area contributed by atoms with Crippen molar-refractivity contribution in [3.05, 3.63) is 35.9 Å². The quantitative estimate of drug-likeness (QED) is 0.163. The Bertz CT molecular complexity index is 1520. The van der Waals surface area contributed by atoms with Crippen LogP contribution in [0.2, 0.25) is 0 Å². The average molecular weight is 857 g/mol. The number of alkyl halides is 2. The number of nitrogens with one attached hydrogen (secondary N) is 4. The normalized spacial score (nSPS) is 20.7. The van der Waals surface area contributed by atoms with Crippen molar-refractivity contribution >= 4 is 73.3 Å². The number of fused-ring (bicyclic) bond motifs is 1. The molecule has 52 heavy (non-hydrogen) atoms. The SMILES string of the molecule is CCCCC(NC(=O)C1C2C(CN1C(=O)[C@@H](NC(=O)OC(C)(C)C)C(C)(C)C)C2(Br)Br)C(=O)C(=O)NCC(=O)NC(C(=O)N(C)C)c1ccccc1. The summed E-state index contributed by atoms with van der Waals surface area (Å²) in [5, 5.41) is 10.3. The zero-order chi connectivity index (χ0) is 39.3. The molecule has 1 heterocycles. The summed E-state index contributed by atoms with van der Waals surface area (Å²) in [7, 11) is 3.11. The molecule has 5 unspecified atom stereocenters. The van der Waals surface area contributed by atoms with E-state index in [2.05, 4.69) is 53.1 Å². The van der Waals surface area contributed by atoms with E-state index in [0.29, 0.717) is 18.4 Å². The van der Waals surface area contributed by atoms with Crippen LogP contribution >= 0.6 is 31.9 Å². The van der Waals surface area contributed by atoms with Crippen LogP contribution in [-0.2, 0) is 33.5 Å². The van der Waals surface area contributed by atoms with Crippen LogP contribution in [0.4, 0.5) is 4.79 Å². The van der Waals surface area contributed by atoms with Crippen molar-refractivity contribution in [1.29, 1.82) is 0 Å². The molecule has 0 radical (unpaired) electrons. The summed E-state index contributed by atoms with van der Waals surface area (Å²) in [4.78, 5) is 96.0. The van der Waals surface area contributed by atoms with Crippen LogP contribution in [0.1, 0.15) is 79.3 Å². The smallest absolute Gasteiger partial charge is 0.408 e. The summed E-state index contributed by atoms with van der Waals surface area (Å²) >= 11 is 7.25. The second-order valence-electron chi connectivity index (χ2n) is 15.6. The van der Waals surface area contributed by atoms with E-state index in [1.54, 1.807) is 86.0 Å². The number of amides is 6. The summed E-state index contributed by atoms with van der Waals surface area (Å²) in [5.74, 6) is -4.72. The maximum Gasteiger partial charge on any atom is 0.408 e. The molecule has 1 aromatic carbocycles. The first-order valence-electron chi connectivity index (χ1n) is 17.4. The highest BCUT2D eigenvalue weighted by atomic mass is 79.9. The molecule has 4 N–H and O–H groups in total. The molecule has 1 aromatic rings. The molecular formula is C36H52Br2N6O8. The van der Waals surface area contributed by atoms with E-state index in [4.69, 9.17) is 4.74 Å². The number of ketones is 1. The van der Waals surface area contributed by atoms with Gasteiger partial charge in [-0.2, -0.15) is 0 Å². The Morgan fingerprint density at radius 3 is 2.12 bits per heavy atom. The third-order valence-electron chi connectivity index (χ3n) is 8.90. The van der Waals surface area contributed by atoms with Gasteiger partial charge in [0.2, 0.25) is 29.4 Å². The van der Waals surface area contributed by atoms with Gasteiger partial charge in [0.25, 0.3) is 5.91 Å². The van der Waals surface area contributed by atoms with Gasteiger partial charge in [-0.15, -0.1) is 0 Å². The van der Waals surface area contributed by atoms with E-state index in [1.807, 2.05) is 6.92 Å². The summed E-state index contributed by atoms with van der Waals surface area (Å²) in [5.41, 5.74) is -1.01. The van der Waals surface area contributed by atoms with Gasteiger partial charge < -0.3 is 35.8 Å². The van der Waals surface area contributed by atoms with Gasteiger partial charge in [-0.3, -0.25) is 28.8 Å². The predicted octanol–water partition coefficient (Wildman–Crippen LogP) is 3.17. The fraction of sp³-hybridized carbons (Fsp3) is 0.639. The average Bonchev–Trinajstić information content (AvgIpc) is 3.35. The van der Waals surface area contributed by atoms with E-state index in [9.17, 15) is 33.6 Å². The molecule has 1 saturated carbocycles. The van der Waals surface area contributed by atoms with Crippen molar-refractivity contribution in [2.24, 2.45) is 17.3 Å². The van der Waals surface area contributed by atoms with Crippen molar-refractivity contribution in [2.75, 3.05) is 27.2 Å². The zero-order valence-electron chi connectivity index (χ0n) is 31.3. The Morgan fingerprint density at radius 2 is 1.58 bits per heavy atom. The van der Waals surface area contributed by atoms with Crippen molar-refractivity contribution in [3.63, 3.8) is 0 Å². The third kappa shape index (κ3) is 10.8. The third-order valence-corrected chi connectivity index (χ3v) is 11.1. The molecule has 1 aliphatic heterocycles. The highest BCUT2D eigenvalue weighted by Crippen LogP contribution is 2.67. The number of nitrogens with zero attached hydrogens (tertiary/aromatic N) is 2. The number of Topliss-reactive ketones (excluding diaryl/α,β-unsaturated/α-hetero) is 1. The molecule has 6 amide bonds. The highest BCUT2D eigenvalue weighted by Gasteiger charge is 2.73. The minimum atomic E-state index is -1.24. The molecule has 0 aromatic heterocycles. The molecule has 16 heteroatoms. The summed E-state index contributed by atoms with van der Waals surface area (Å²) in [6, 6.07) is 4.29. The van der Waals surface area contributed by atoms with Gasteiger partial charge in [0, 0.05) is 32.5 Å². The highest BCUT2D eigenvalue weighted by molar-refractivity contribution is 9.25. The number of likely N-dealkylation sites (tertiary alicyclic amines) is 1. The van der Waals surface area contributed by atoms with Crippen molar-refractivity contribution in [1.82, 2.24) is 31.1 Å². The van der Waals surface area contributed by atoms with Gasteiger partial charge in [0.15, 0.2) is 0 Å². The van der Waals surface area contributed by atoms with Crippen LogP contribution in [0.25, 0.3) is 0 Å². The molecule has 6 atom stereocenters. The van der Waals surface area contributed by atoms with Crippen molar-refractivity contribution in [3.8, 4) is 0 Å². The second-order valence-corrected chi connectivity index (χ2v) is 19.3. The first-order chi connectivity index (χ1) is 24.0. The monoisotopic (exact) mass is 854 g/mol. The number of rotatable bonds is 14. The van der Waals surface area contributed by atoms with Crippen LogP contribution < -0.4 is 21.3 Å². The van der Waals surface area contributed by atoms with Gasteiger partial charge in [-0.25, -0.2) is 4.79 Å². The molecule has 14 nitrogen and oxygen atoms in total. The van der Waals surface area contributed by atoms with Crippen LogP contribution in [0.5, 0.6) is 0 Å². The van der Waals surface area contributed by atoms with Gasteiger partial charge >= 0.3 is 6.09 Å². The van der Waals surface area contributed by atoms with E-state index >= 15 is 0 Å². The summed E-state index contributed by atoms with van der Waals surface area (Å²) < 4.78 is 4.80. The van der Waals surface area contributed by atoms with Crippen LogP contribution in [0, 0.1) is 17.3 Å². The first kappa shape index (κ1) is 42.9. The first-order valence-corrected chi connectivity index (χ1v) is 19.0. The topological polar surface area (TPSA) is 183 Å². The summed E-state index contributed by atoms with van der Waals surface area (Å²) in [6.45, 7) is 12.0. The van der Waals surface area contributed by atoms with Gasteiger partial charge in [0.1, 0.15) is 23.7 Å². The fourth-order valence-electron chi connectivity index (χ4n) is 6.12. The number of alkyl carbamates (subject to hydrolysis) is 1. The Balaban J connectivity index is 1.76. The number of halogens is 2. The largest absolute Gasteiger partial charge is 0.444 e. The van der Waals surface area contributed by atoms with Crippen LogP contribution in [-0.4, -0.2) is 105 Å². The number of hydrogen-bond acceptors (Lipinski definition) is 8. The molecule has 0 bridgehead atoms. The molecule has 288 valence electrons. The fourth-order valence-corrected chi connectivity index (χ4v) is 7.85. The number of benzene rings is 1. The zero-order valence-corrected chi connectivity index (χ0v) is 34.5. The molecule has 2 fully saturated rings. The molecular weight excluding hydrogens is 804 g/mol. The maximum atomic E-state index is 14.1. The molecule has 2 aliphatic rings. The Hall–Kier alpha value is -3.53. The molecule has 1 aliphatic carbocycles. The number of hydrogen-bond donors (Lipinski definition) is 4. The lowest BCUT2D eigenvalue weighted by atomic mass is 9.85. The van der Waals surface area contributed by atoms with Gasteiger partial charge in [0.05, 0.1) is 15.8 Å². The minimum Gasteiger partial charge on any atom is -0.444 e. The van der Waals surface area contributed by atoms with E-state index in [0.717, 1.165) is 0 Å². The maximum absolute atomic E-state index is 14.1. The van der Waals surface area contributed by atoms with E-state index < -0.39 is 80.5 Å². The molecule has 3 rings (SSSR count). The second kappa shape index (κ2) is 17.1. The van der Waals surface area contributed by atoms with Crippen molar-refractivity contribution < 1.29 is 38.3 Å². The van der Waals surface area contributed by atoms with Gasteiger partial charge in [-0.1, -0.05) is 103 Å². The van der Waals surface area contributed by atoms with Crippen LogP contribution in [0.15, 0.2) is 30.3 Å². The number of likely N-dealkylation sites (N-methyl/N-ethyl adjacent to an activating group) is 1. The minimum absolute atomic E-state index is 0.139. The van der Waals surface area contributed by atoms with E-state index in [1.165, 1.54) is 9.80 Å². The predicted molar refractivity (Wildman–Crippen MR) is 201 cm³/mol. The number of carbonyl (C=O) groups excluding carboxylic acids is 7. The lowest BCUT2D eigenvalue weighted by Crippen LogP contribution is -2.61. The number of unbranched alkanes of at least 4 members (excludes halogenated alkanes) is 1. The lowest BCUT2D eigenvalue weighted by Gasteiger charge is -2.37. The van der Waals surface area contributed by atoms with Crippen molar-refractivity contribution in [2.45, 2.75) is 101 Å². The summed E-state index contributed by atoms with van der Waals surface area (Å²) in [6.07, 6.45) is 0.536. The Labute approximate surface area is 322 Å². The number of ether oxygens (including phenoxy) is 1. The lowest BCUT2D eigenvalue weighted by molar-refractivity contribution is -0.145. The standard InChI is InChI=1S/C36H52Br2N6O8/c1-10-11-17-22(27(46)30(48)39-18-23(45)41-25(31(49)43(8)9)20-15-13-12-14-16-20)40-29(47)26-24-21(36(24,37)38)19-44(26)32(50)28(34(2,3)4)42-33(51)52-35(5,6)7/h12-16,21-22,24-26,28H,10-11,17-19H2,1-9H3,(H,39,48)(H,40,47)(H,41,45)(H,42,51)/t21?,22?,24?,25?,26?,28-/m1/s1. The Kier molecular flexibility index (Phi) is 14.1. The molecule has 1 saturated heterocycles. The van der Waals surface area contributed by atoms with Gasteiger partial charge in [-0.05, 0) is 38.2 Å². The van der Waals surface area contributed by atoms with Crippen LogP contribution in [0.3, 0.4) is 0 Å².